The lowest BCUT2D eigenvalue weighted by molar-refractivity contribution is 0.669. The van der Waals surface area contributed by atoms with E-state index >= 15 is 0 Å². The van der Waals surface area contributed by atoms with Crippen molar-refractivity contribution in [3.63, 3.8) is 0 Å². The van der Waals surface area contributed by atoms with Crippen LogP contribution in [0.4, 0.5) is 0 Å². The molecular weight excluding hydrogens is 1470 g/mol. The first-order valence-corrected chi connectivity index (χ1v) is 38.7. The molecule has 0 atom stereocenters. The summed E-state index contributed by atoms with van der Waals surface area (Å²) >= 11 is 0. The second kappa shape index (κ2) is 29.7. The van der Waals surface area contributed by atoms with Crippen LogP contribution in [0.5, 0.6) is 0 Å². The third-order valence-electron chi connectivity index (χ3n) is 22.3. The monoisotopic (exact) mass is 1570 g/mol. The molecule has 3 heteroatoms. The van der Waals surface area contributed by atoms with Crippen LogP contribution in [0, 0.1) is 0 Å². The van der Waals surface area contributed by atoms with Gasteiger partial charge >= 0.3 is 0 Å². The number of furan rings is 3. The molecule has 0 unspecified atom stereocenters. The van der Waals surface area contributed by atoms with Crippen molar-refractivity contribution in [1.29, 1.82) is 0 Å². The maximum atomic E-state index is 9.35. The molecule has 0 aliphatic heterocycles. The lowest BCUT2D eigenvalue weighted by Crippen LogP contribution is -1.92. The van der Waals surface area contributed by atoms with Crippen LogP contribution < -0.4 is 0 Å². The van der Waals surface area contributed by atoms with Crippen LogP contribution in [-0.2, 0) is 0 Å². The standard InChI is InChI=1S/C42H26O.2C38H24O/c1-2-13-28(14-3-1)39-32-16-6-8-18-34(32)40(35-19-9-7-17-33(35)39)37-25-24-31(30-23-22-27-12-4-5-15-29(27)26-30)42-41(37)36-20-10-11-21-38(36)43-42;1-3-13-25(14-4-1)27-23-33(38-32-21-11-12-22-34(32)39-35(38)24-27)37-30-19-9-7-17-28(30)36(26-15-5-2-6-16-26)29-18-8-10-20-31(29)37;1-3-13-25(14-4-1)27-23-24-33(37-32-21-11-12-22-34(32)39-38(27)37)36-30-19-9-7-17-28(30)35(26-15-5-2-6-16-26)29-18-8-10-20-31(29)36/h1-26H;2*1-24H/i6D,7D,8D,9D,16D,17D,18D,19D;2*2D,5D,6D,7D,8D,9D,10D,15D,16D,17D,18D,19D,20D. The highest BCUT2D eigenvalue weighted by Gasteiger charge is 2.27. The van der Waals surface area contributed by atoms with Gasteiger partial charge in [0.25, 0.3) is 0 Å². The van der Waals surface area contributed by atoms with Crippen molar-refractivity contribution in [2.75, 3.05) is 0 Å². The molecule has 25 rings (SSSR count). The van der Waals surface area contributed by atoms with E-state index in [9.17, 15) is 16.4 Å². The van der Waals surface area contributed by atoms with E-state index in [1.54, 1.807) is 66.7 Å². The predicted molar refractivity (Wildman–Crippen MR) is 513 cm³/mol. The van der Waals surface area contributed by atoms with Gasteiger partial charge in [0.2, 0.25) is 0 Å². The Morgan fingerprint density at radius 1 is 0.157 bits per heavy atom. The van der Waals surface area contributed by atoms with Gasteiger partial charge in [0.15, 0.2) is 0 Å². The lowest BCUT2D eigenvalue weighted by atomic mass is 9.84. The van der Waals surface area contributed by atoms with Crippen molar-refractivity contribution in [2.45, 2.75) is 0 Å². The smallest absolute Gasteiger partial charge is 0.143 e. The van der Waals surface area contributed by atoms with Crippen molar-refractivity contribution >= 4 is 141 Å². The minimum absolute atomic E-state index is 0.0504. The molecule has 25 aromatic rings. The van der Waals surface area contributed by atoms with E-state index in [2.05, 4.69) is 24.3 Å². The van der Waals surface area contributed by atoms with Gasteiger partial charge < -0.3 is 13.3 Å². The third kappa shape index (κ3) is 12.0. The highest BCUT2D eigenvalue weighted by Crippen LogP contribution is 2.53. The van der Waals surface area contributed by atoms with Crippen LogP contribution in [0.15, 0.2) is 461 Å². The molecule has 0 bridgehead atoms. The molecule has 0 N–H and O–H groups in total. The summed E-state index contributed by atoms with van der Waals surface area (Å²) in [6, 6.07) is 55.3. The zero-order valence-electron chi connectivity index (χ0n) is 97.3. The summed E-state index contributed by atoms with van der Waals surface area (Å²) < 4.78 is 322. The Labute approximate surface area is 746 Å². The Bertz CT molecular complexity index is 10300. The Morgan fingerprint density at radius 3 is 0.901 bits per heavy atom. The van der Waals surface area contributed by atoms with Crippen LogP contribution >= 0.6 is 0 Å². The molecule has 0 radical (unpaired) electrons. The zero-order valence-corrected chi connectivity index (χ0v) is 63.3. The topological polar surface area (TPSA) is 39.4 Å². The fourth-order valence-corrected chi connectivity index (χ4v) is 17.2. The second-order valence-electron chi connectivity index (χ2n) is 28.8. The van der Waals surface area contributed by atoms with E-state index in [4.69, 9.17) is 43.4 Å². The van der Waals surface area contributed by atoms with Gasteiger partial charge in [-0.25, -0.2) is 0 Å². The molecule has 0 amide bonds. The van der Waals surface area contributed by atoms with E-state index in [0.29, 0.717) is 105 Å². The van der Waals surface area contributed by atoms with Crippen LogP contribution in [0.3, 0.4) is 0 Å². The quantitative estimate of drug-likeness (QED) is 0.135. The summed E-state index contributed by atoms with van der Waals surface area (Å²) in [6.45, 7) is 0. The highest BCUT2D eigenvalue weighted by molar-refractivity contribution is 6.30. The molecule has 0 aliphatic rings. The van der Waals surface area contributed by atoms with Crippen molar-refractivity contribution in [1.82, 2.24) is 0 Å². The van der Waals surface area contributed by atoms with Gasteiger partial charge in [0, 0.05) is 43.4 Å². The largest absolute Gasteiger partial charge is 0.456 e. The van der Waals surface area contributed by atoms with Gasteiger partial charge in [-0.1, -0.05) is 400 Å². The normalized spacial score (nSPS) is 15.6. The summed E-state index contributed by atoms with van der Waals surface area (Å²) in [5.74, 6) is 0. The number of rotatable bonds is 9. The van der Waals surface area contributed by atoms with Crippen LogP contribution in [0.1, 0.15) is 46.6 Å². The van der Waals surface area contributed by atoms with Gasteiger partial charge in [-0.05, 0) is 213 Å². The second-order valence-corrected chi connectivity index (χ2v) is 28.8. The maximum absolute atomic E-state index is 9.35. The molecule has 121 heavy (non-hydrogen) atoms. The first-order valence-electron chi connectivity index (χ1n) is 55.7. The number of hydrogen-bond acceptors (Lipinski definition) is 3. The number of fused-ring (bicyclic) bond motifs is 16. The Hall–Kier alpha value is -15.9. The third-order valence-corrected chi connectivity index (χ3v) is 22.3. The predicted octanol–water partition coefficient (Wildman–Crippen LogP) is 33.8. The first kappa shape index (κ1) is 43.9. The summed E-state index contributed by atoms with van der Waals surface area (Å²) in [5.41, 5.74) is 8.68. The summed E-state index contributed by atoms with van der Waals surface area (Å²) in [6.07, 6.45) is 0. The molecule has 0 saturated heterocycles. The molecule has 3 aromatic heterocycles. The maximum Gasteiger partial charge on any atom is 0.143 e. The van der Waals surface area contributed by atoms with Crippen molar-refractivity contribution < 1.29 is 59.9 Å². The van der Waals surface area contributed by atoms with E-state index in [0.717, 1.165) is 38.4 Å². The van der Waals surface area contributed by atoms with E-state index in [1.807, 2.05) is 152 Å². The summed E-state index contributed by atoms with van der Waals surface area (Å²) in [5, 5.41) is 4.98. The molecule has 0 fully saturated rings. The average molecular weight is 1570 g/mol. The zero-order chi connectivity index (χ0) is 109. The van der Waals surface area contributed by atoms with Crippen molar-refractivity contribution in [2.24, 2.45) is 0 Å². The summed E-state index contributed by atoms with van der Waals surface area (Å²) in [4.78, 5) is 0. The van der Waals surface area contributed by atoms with Crippen LogP contribution in [0.25, 0.3) is 241 Å². The Balaban J connectivity index is 0.000000126. The van der Waals surface area contributed by atoms with E-state index < -0.39 is 192 Å². The SMILES string of the molecule is [2H]c1c([2H])c([2H])c(-c2c3c([2H])c([2H])c([2H])c([2H])c3c(-c3cc(-c4ccccc4)cc4oc5ccccc5c34)c3c([2H])c([2H])c([2H])c([2H])c23)c([2H])c1[2H].[2H]c1c([2H])c([2H])c(-c2c3c([2H])c([2H])c([2H])c([2H])c3c(-c3ccc(-c4ccccc4)c4oc5ccccc5c34)c3c([2H])c([2H])c([2H])c([2H])c23)c([2H])c1[2H].[2H]c1c([2H])c([2H])c2c(-c3ccc(-c4ccc5ccccc5c4)c4oc5ccccc5c34)c3c([2H])c([2H])c([2H])c([2H])c3c(-c3ccccc3)c2c1[2H]. The molecule has 3 heterocycles. The molecule has 22 aromatic carbocycles. The van der Waals surface area contributed by atoms with E-state index in [1.165, 1.54) is 0 Å². The van der Waals surface area contributed by atoms with Gasteiger partial charge in [-0.2, -0.15) is 0 Å². The van der Waals surface area contributed by atoms with Crippen molar-refractivity contribution in [3.05, 3.63) is 448 Å². The molecule has 0 spiro atoms. The molecule has 0 aliphatic carbocycles. The van der Waals surface area contributed by atoms with E-state index in [-0.39, 0.29) is 111 Å². The Morgan fingerprint density at radius 2 is 0.471 bits per heavy atom. The summed E-state index contributed by atoms with van der Waals surface area (Å²) in [7, 11) is 0. The van der Waals surface area contributed by atoms with Gasteiger partial charge in [-0.15, -0.1) is 0 Å². The Kier molecular flexibility index (Phi) is 10.7. The van der Waals surface area contributed by atoms with Gasteiger partial charge in [-0.3, -0.25) is 0 Å². The molecule has 3 nitrogen and oxygen atoms in total. The molecule has 564 valence electrons. The molecular formula is C118H74O3. The van der Waals surface area contributed by atoms with Gasteiger partial charge in [0.05, 0.1) is 46.6 Å². The fourth-order valence-electron chi connectivity index (χ4n) is 17.2. The number of para-hydroxylation sites is 3. The van der Waals surface area contributed by atoms with Crippen LogP contribution in [-0.4, -0.2) is 0 Å². The van der Waals surface area contributed by atoms with Crippen LogP contribution in [0.2, 0.25) is 0 Å². The fraction of sp³-hybridized carbons (Fsp3) is 0. The van der Waals surface area contributed by atoms with Gasteiger partial charge in [0.1, 0.15) is 33.5 Å². The minimum atomic E-state index is -0.717. The first-order chi connectivity index (χ1) is 74.2. The average Bonchev–Trinajstić information content (AvgIpc) is 1.69. The number of benzene rings is 22. The van der Waals surface area contributed by atoms with Crippen molar-refractivity contribution in [3.8, 4) is 100 Å². The minimum Gasteiger partial charge on any atom is -0.456 e. The molecule has 0 saturated carbocycles. The highest BCUT2D eigenvalue weighted by atomic mass is 16.3. The lowest BCUT2D eigenvalue weighted by Gasteiger charge is -2.19. The number of hydrogen-bond donors (Lipinski definition) is 0.